The van der Waals surface area contributed by atoms with Crippen LogP contribution in [-0.4, -0.2) is 31.6 Å². The van der Waals surface area contributed by atoms with Gasteiger partial charge in [-0.25, -0.2) is 0 Å². The van der Waals surface area contributed by atoms with Crippen LogP contribution < -0.4 is 5.32 Å². The number of furan rings is 1. The molecule has 19 heavy (non-hydrogen) atoms. The van der Waals surface area contributed by atoms with E-state index in [1.54, 1.807) is 6.26 Å². The van der Waals surface area contributed by atoms with Gasteiger partial charge in [0.1, 0.15) is 5.76 Å². The van der Waals surface area contributed by atoms with Gasteiger partial charge in [-0.05, 0) is 44.5 Å². The molecular weight excluding hydrogens is 236 g/mol. The monoisotopic (exact) mass is 264 g/mol. The van der Waals surface area contributed by atoms with Crippen LogP contribution in [0.2, 0.25) is 0 Å². The fourth-order valence-electron chi connectivity index (χ4n) is 3.15. The van der Waals surface area contributed by atoms with Crippen molar-refractivity contribution in [3.05, 3.63) is 24.2 Å². The Hall–Kier alpha value is -0.800. The third kappa shape index (κ3) is 3.61. The van der Waals surface area contributed by atoms with E-state index in [9.17, 15) is 0 Å². The number of hydrogen-bond donors (Lipinski definition) is 1. The lowest BCUT2D eigenvalue weighted by Gasteiger charge is -2.36. The summed E-state index contributed by atoms with van der Waals surface area (Å²) in [6, 6.07) is 5.01. The number of hydrogen-bond acceptors (Lipinski definition) is 3. The van der Waals surface area contributed by atoms with Gasteiger partial charge in [-0.15, -0.1) is 0 Å². The zero-order valence-electron chi connectivity index (χ0n) is 12.7. The van der Waals surface area contributed by atoms with Gasteiger partial charge in [-0.1, -0.05) is 26.7 Å². The summed E-state index contributed by atoms with van der Waals surface area (Å²) < 4.78 is 5.56. The van der Waals surface area contributed by atoms with E-state index in [0.29, 0.717) is 12.1 Å². The van der Waals surface area contributed by atoms with E-state index < -0.39 is 0 Å². The normalized spacial score (nSPS) is 29.6. The van der Waals surface area contributed by atoms with Crippen molar-refractivity contribution < 1.29 is 4.42 Å². The topological polar surface area (TPSA) is 28.4 Å². The molecule has 0 aromatic carbocycles. The van der Waals surface area contributed by atoms with Crippen LogP contribution in [0.3, 0.4) is 0 Å². The Labute approximate surface area is 117 Å². The molecule has 2 rings (SSSR count). The van der Waals surface area contributed by atoms with E-state index >= 15 is 0 Å². The fourth-order valence-corrected chi connectivity index (χ4v) is 3.15. The van der Waals surface area contributed by atoms with Crippen LogP contribution in [0.15, 0.2) is 22.8 Å². The Kier molecular flexibility index (Phi) is 5.06. The molecule has 4 atom stereocenters. The summed E-state index contributed by atoms with van der Waals surface area (Å²) in [5, 5.41) is 3.77. The minimum atomic E-state index is 0.319. The second kappa shape index (κ2) is 6.58. The summed E-state index contributed by atoms with van der Waals surface area (Å²) in [5.41, 5.74) is 0. The molecule has 1 aromatic heterocycles. The average molecular weight is 264 g/mol. The van der Waals surface area contributed by atoms with Crippen molar-refractivity contribution in [3.63, 3.8) is 0 Å². The van der Waals surface area contributed by atoms with E-state index in [1.807, 2.05) is 6.07 Å². The van der Waals surface area contributed by atoms with Gasteiger partial charge < -0.3 is 9.73 Å². The molecule has 0 radical (unpaired) electrons. The quantitative estimate of drug-likeness (QED) is 0.884. The summed E-state index contributed by atoms with van der Waals surface area (Å²) in [4.78, 5) is 2.22. The van der Waals surface area contributed by atoms with Gasteiger partial charge >= 0.3 is 0 Å². The van der Waals surface area contributed by atoms with Crippen LogP contribution in [0.5, 0.6) is 0 Å². The number of rotatable bonds is 5. The van der Waals surface area contributed by atoms with E-state index in [4.69, 9.17) is 4.42 Å². The van der Waals surface area contributed by atoms with Crippen LogP contribution in [0.4, 0.5) is 0 Å². The highest BCUT2D eigenvalue weighted by Gasteiger charge is 2.28. The van der Waals surface area contributed by atoms with Crippen LogP contribution in [-0.2, 0) is 0 Å². The predicted octanol–water partition coefficient (Wildman–Crippen LogP) is 3.30. The molecule has 0 spiro atoms. The van der Waals surface area contributed by atoms with Crippen LogP contribution >= 0.6 is 0 Å². The third-order valence-electron chi connectivity index (χ3n) is 4.78. The van der Waals surface area contributed by atoms with E-state index in [-0.39, 0.29) is 0 Å². The van der Waals surface area contributed by atoms with Gasteiger partial charge in [-0.3, -0.25) is 4.90 Å². The highest BCUT2D eigenvalue weighted by molar-refractivity contribution is 5.05. The maximum Gasteiger partial charge on any atom is 0.122 e. The smallest absolute Gasteiger partial charge is 0.122 e. The summed E-state index contributed by atoms with van der Waals surface area (Å²) in [6.07, 6.45) is 5.81. The Morgan fingerprint density at radius 1 is 1.37 bits per heavy atom. The zero-order valence-corrected chi connectivity index (χ0v) is 12.7. The Morgan fingerprint density at radius 3 is 2.79 bits per heavy atom. The van der Waals surface area contributed by atoms with Crippen LogP contribution in [0.1, 0.15) is 44.9 Å². The van der Waals surface area contributed by atoms with Crippen molar-refractivity contribution in [2.24, 2.45) is 11.8 Å². The second-order valence-electron chi connectivity index (χ2n) is 6.28. The largest absolute Gasteiger partial charge is 0.468 e. The lowest BCUT2D eigenvalue weighted by molar-refractivity contribution is 0.182. The van der Waals surface area contributed by atoms with Crippen LogP contribution in [0.25, 0.3) is 0 Å². The van der Waals surface area contributed by atoms with Crippen molar-refractivity contribution in [2.75, 3.05) is 20.6 Å². The highest BCUT2D eigenvalue weighted by Crippen LogP contribution is 2.30. The van der Waals surface area contributed by atoms with E-state index in [0.717, 1.165) is 24.1 Å². The maximum absolute atomic E-state index is 5.56. The summed E-state index contributed by atoms with van der Waals surface area (Å²) in [6.45, 7) is 5.73. The standard InChI is InChI=1S/C16H28N2O/c1-12-7-5-8-14(13(12)2)17-11-15(18(3)4)16-9-6-10-19-16/h6,9-10,12-15,17H,5,7-8,11H2,1-4H3. The molecule has 4 unspecified atom stereocenters. The lowest BCUT2D eigenvalue weighted by atomic mass is 9.78. The van der Waals surface area contributed by atoms with Crippen molar-refractivity contribution in [1.29, 1.82) is 0 Å². The number of likely N-dealkylation sites (N-methyl/N-ethyl adjacent to an activating group) is 1. The molecule has 0 amide bonds. The molecule has 1 heterocycles. The minimum Gasteiger partial charge on any atom is -0.468 e. The zero-order chi connectivity index (χ0) is 13.8. The maximum atomic E-state index is 5.56. The van der Waals surface area contributed by atoms with Crippen molar-refractivity contribution in [3.8, 4) is 0 Å². The SMILES string of the molecule is CC1CCCC(NCC(c2ccco2)N(C)C)C1C. The van der Waals surface area contributed by atoms with Gasteiger partial charge in [0.05, 0.1) is 12.3 Å². The van der Waals surface area contributed by atoms with E-state index in [2.05, 4.69) is 44.2 Å². The van der Waals surface area contributed by atoms with Crippen molar-refractivity contribution in [2.45, 2.75) is 45.2 Å². The first-order valence-corrected chi connectivity index (χ1v) is 7.52. The first-order chi connectivity index (χ1) is 9.09. The molecule has 0 bridgehead atoms. The molecule has 3 heteroatoms. The second-order valence-corrected chi connectivity index (χ2v) is 6.28. The van der Waals surface area contributed by atoms with Gasteiger partial charge in [0, 0.05) is 12.6 Å². The van der Waals surface area contributed by atoms with Gasteiger partial charge in [0.15, 0.2) is 0 Å². The Bertz CT molecular complexity index is 361. The molecule has 3 nitrogen and oxygen atoms in total. The molecule has 0 aliphatic heterocycles. The van der Waals surface area contributed by atoms with Crippen molar-refractivity contribution >= 4 is 0 Å². The Morgan fingerprint density at radius 2 is 2.16 bits per heavy atom. The lowest BCUT2D eigenvalue weighted by Crippen LogP contribution is -2.44. The first-order valence-electron chi connectivity index (χ1n) is 7.52. The molecular formula is C16H28N2O. The van der Waals surface area contributed by atoms with Gasteiger partial charge in [0.25, 0.3) is 0 Å². The molecule has 1 N–H and O–H groups in total. The molecule has 108 valence electrons. The first kappa shape index (κ1) is 14.6. The summed E-state index contributed by atoms with van der Waals surface area (Å²) >= 11 is 0. The molecule has 1 fully saturated rings. The van der Waals surface area contributed by atoms with E-state index in [1.165, 1.54) is 19.3 Å². The minimum absolute atomic E-state index is 0.319. The Balaban J connectivity index is 1.92. The average Bonchev–Trinajstić information content (AvgIpc) is 2.88. The highest BCUT2D eigenvalue weighted by atomic mass is 16.3. The third-order valence-corrected chi connectivity index (χ3v) is 4.78. The summed E-state index contributed by atoms with van der Waals surface area (Å²) in [5.74, 6) is 2.66. The summed E-state index contributed by atoms with van der Waals surface area (Å²) in [7, 11) is 4.23. The number of nitrogens with one attached hydrogen (secondary N) is 1. The molecule has 1 aliphatic rings. The fraction of sp³-hybridized carbons (Fsp3) is 0.750. The van der Waals surface area contributed by atoms with Crippen molar-refractivity contribution in [1.82, 2.24) is 10.2 Å². The van der Waals surface area contributed by atoms with Gasteiger partial charge in [0.2, 0.25) is 0 Å². The molecule has 1 aromatic rings. The molecule has 0 saturated heterocycles. The molecule has 1 aliphatic carbocycles. The van der Waals surface area contributed by atoms with Crippen LogP contribution in [0, 0.1) is 11.8 Å². The number of nitrogens with zero attached hydrogens (tertiary/aromatic N) is 1. The molecule has 1 saturated carbocycles. The predicted molar refractivity (Wildman–Crippen MR) is 79.1 cm³/mol. The van der Waals surface area contributed by atoms with Gasteiger partial charge in [-0.2, -0.15) is 0 Å².